The van der Waals surface area contributed by atoms with Crippen molar-refractivity contribution in [1.29, 1.82) is 0 Å². The van der Waals surface area contributed by atoms with Gasteiger partial charge in [0, 0.05) is 18.3 Å². The molecule has 0 aliphatic heterocycles. The Labute approximate surface area is 129 Å². The molecule has 0 heterocycles. The van der Waals surface area contributed by atoms with Crippen LogP contribution in [0.25, 0.3) is 0 Å². The molecule has 1 amide bonds. The molecular formula is C13H16Br2N2O2. The van der Waals surface area contributed by atoms with E-state index in [0.717, 1.165) is 28.3 Å². The van der Waals surface area contributed by atoms with E-state index in [4.69, 9.17) is 10.5 Å². The van der Waals surface area contributed by atoms with Crippen LogP contribution in [0.3, 0.4) is 0 Å². The molecule has 1 aliphatic carbocycles. The van der Waals surface area contributed by atoms with E-state index in [-0.39, 0.29) is 12.5 Å². The van der Waals surface area contributed by atoms with Gasteiger partial charge in [0.05, 0.1) is 8.95 Å². The molecule has 1 saturated carbocycles. The van der Waals surface area contributed by atoms with Gasteiger partial charge >= 0.3 is 0 Å². The predicted octanol–water partition coefficient (Wildman–Crippen LogP) is 3.18. The number of nitrogens with zero attached hydrogens (tertiary/aromatic N) is 1. The van der Waals surface area contributed by atoms with Crippen LogP contribution in [0, 0.1) is 0 Å². The first-order valence-electron chi connectivity index (χ1n) is 6.19. The molecule has 1 aromatic rings. The van der Waals surface area contributed by atoms with Gasteiger partial charge in [-0.05, 0) is 63.8 Å². The van der Waals surface area contributed by atoms with Crippen molar-refractivity contribution < 1.29 is 9.53 Å². The molecule has 6 heteroatoms. The van der Waals surface area contributed by atoms with Gasteiger partial charge in [0.25, 0.3) is 5.91 Å². The lowest BCUT2D eigenvalue weighted by Crippen LogP contribution is -2.36. The summed E-state index contributed by atoms with van der Waals surface area (Å²) in [6.45, 7) is 2.77. The first-order valence-corrected chi connectivity index (χ1v) is 7.78. The van der Waals surface area contributed by atoms with Crippen LogP contribution >= 0.6 is 31.9 Å². The number of likely N-dealkylation sites (N-methyl/N-ethyl adjacent to an activating group) is 1. The molecule has 1 fully saturated rings. The third-order valence-electron chi connectivity index (χ3n) is 3.01. The molecule has 104 valence electrons. The molecule has 19 heavy (non-hydrogen) atoms. The summed E-state index contributed by atoms with van der Waals surface area (Å²) in [6, 6.07) is 3.92. The predicted molar refractivity (Wildman–Crippen MR) is 82.2 cm³/mol. The van der Waals surface area contributed by atoms with Gasteiger partial charge in [-0.1, -0.05) is 0 Å². The molecular weight excluding hydrogens is 376 g/mol. The van der Waals surface area contributed by atoms with E-state index < -0.39 is 0 Å². The van der Waals surface area contributed by atoms with E-state index in [1.54, 1.807) is 12.1 Å². The van der Waals surface area contributed by atoms with Gasteiger partial charge in [-0.2, -0.15) is 0 Å². The minimum atomic E-state index is 0.0284. The number of rotatable bonds is 5. The average Bonchev–Trinajstić information content (AvgIpc) is 3.13. The van der Waals surface area contributed by atoms with Gasteiger partial charge in [-0.15, -0.1) is 0 Å². The minimum Gasteiger partial charge on any atom is -0.481 e. The molecule has 2 N–H and O–H groups in total. The number of hydrogen-bond donors (Lipinski definition) is 1. The van der Waals surface area contributed by atoms with Gasteiger partial charge in [-0.25, -0.2) is 0 Å². The van der Waals surface area contributed by atoms with Crippen molar-refractivity contribution in [3.63, 3.8) is 0 Å². The highest BCUT2D eigenvalue weighted by atomic mass is 79.9. The summed E-state index contributed by atoms with van der Waals surface area (Å²) in [5.74, 6) is 0.634. The van der Waals surface area contributed by atoms with Crippen molar-refractivity contribution in [1.82, 2.24) is 4.90 Å². The zero-order chi connectivity index (χ0) is 14.0. The molecule has 4 nitrogen and oxygen atoms in total. The quantitative estimate of drug-likeness (QED) is 0.784. The number of nitrogen functional groups attached to an aromatic ring is 1. The maximum atomic E-state index is 12.1. The Morgan fingerprint density at radius 1 is 1.42 bits per heavy atom. The van der Waals surface area contributed by atoms with E-state index in [9.17, 15) is 4.79 Å². The van der Waals surface area contributed by atoms with Crippen LogP contribution in [0.1, 0.15) is 19.8 Å². The SMILES string of the molecule is CCN(C(=O)COc1c(Br)cc(N)cc1Br)C1CC1. The Bertz CT molecular complexity index is 467. The van der Waals surface area contributed by atoms with Crippen molar-refractivity contribution >= 4 is 43.5 Å². The number of hydrogen-bond acceptors (Lipinski definition) is 3. The van der Waals surface area contributed by atoms with Gasteiger partial charge in [0.2, 0.25) is 0 Å². The first-order chi connectivity index (χ1) is 9.02. The Morgan fingerprint density at radius 3 is 2.47 bits per heavy atom. The number of amides is 1. The fraction of sp³-hybridized carbons (Fsp3) is 0.462. The number of halogens is 2. The Morgan fingerprint density at radius 2 is 2.00 bits per heavy atom. The zero-order valence-electron chi connectivity index (χ0n) is 10.7. The molecule has 0 atom stereocenters. The fourth-order valence-corrected chi connectivity index (χ4v) is 3.41. The van der Waals surface area contributed by atoms with Crippen LogP contribution in [0.5, 0.6) is 5.75 Å². The van der Waals surface area contributed by atoms with Crippen molar-refractivity contribution in [2.45, 2.75) is 25.8 Å². The van der Waals surface area contributed by atoms with E-state index in [1.807, 2.05) is 11.8 Å². The smallest absolute Gasteiger partial charge is 0.260 e. The van der Waals surface area contributed by atoms with Gasteiger partial charge in [0.15, 0.2) is 6.61 Å². The second kappa shape index (κ2) is 6.13. The summed E-state index contributed by atoms with van der Waals surface area (Å²) in [7, 11) is 0. The van der Waals surface area contributed by atoms with E-state index in [0.29, 0.717) is 17.5 Å². The Hall–Kier alpha value is -0.750. The monoisotopic (exact) mass is 390 g/mol. The second-order valence-corrected chi connectivity index (χ2v) is 6.22. The summed E-state index contributed by atoms with van der Waals surface area (Å²) in [5, 5.41) is 0. The third-order valence-corrected chi connectivity index (χ3v) is 4.19. The summed E-state index contributed by atoms with van der Waals surface area (Å²) in [4.78, 5) is 13.9. The second-order valence-electron chi connectivity index (χ2n) is 4.51. The minimum absolute atomic E-state index is 0.0284. The van der Waals surface area contributed by atoms with Crippen LogP contribution in [-0.2, 0) is 4.79 Å². The summed E-state index contributed by atoms with van der Waals surface area (Å²) < 4.78 is 7.08. The molecule has 0 spiro atoms. The number of benzene rings is 1. The van der Waals surface area contributed by atoms with Crippen LogP contribution in [0.15, 0.2) is 21.1 Å². The Balaban J connectivity index is 2.00. The third kappa shape index (κ3) is 3.63. The lowest BCUT2D eigenvalue weighted by atomic mass is 10.3. The molecule has 2 rings (SSSR count). The van der Waals surface area contributed by atoms with E-state index in [2.05, 4.69) is 31.9 Å². The lowest BCUT2D eigenvalue weighted by Gasteiger charge is -2.21. The van der Waals surface area contributed by atoms with Crippen LogP contribution in [0.2, 0.25) is 0 Å². The largest absolute Gasteiger partial charge is 0.481 e. The lowest BCUT2D eigenvalue weighted by molar-refractivity contribution is -0.133. The number of ether oxygens (including phenoxy) is 1. The maximum absolute atomic E-state index is 12.1. The summed E-state index contributed by atoms with van der Waals surface area (Å²) in [5.41, 5.74) is 6.34. The molecule has 0 saturated heterocycles. The normalized spacial score (nSPS) is 14.3. The van der Waals surface area contributed by atoms with Gasteiger partial charge in [-0.3, -0.25) is 4.79 Å². The number of anilines is 1. The van der Waals surface area contributed by atoms with E-state index >= 15 is 0 Å². The summed E-state index contributed by atoms with van der Waals surface area (Å²) in [6.07, 6.45) is 2.21. The first kappa shape index (κ1) is 14.7. The van der Waals surface area contributed by atoms with Crippen LogP contribution in [-0.4, -0.2) is 30.0 Å². The van der Waals surface area contributed by atoms with Crippen LogP contribution < -0.4 is 10.5 Å². The molecule has 1 aliphatic rings. The number of carbonyl (C=O) groups is 1. The molecule has 0 radical (unpaired) electrons. The van der Waals surface area contributed by atoms with Crippen molar-refractivity contribution in [2.24, 2.45) is 0 Å². The summed E-state index contributed by atoms with van der Waals surface area (Å²) >= 11 is 6.77. The fourth-order valence-electron chi connectivity index (χ4n) is 1.96. The highest BCUT2D eigenvalue weighted by Gasteiger charge is 2.31. The molecule has 0 aromatic heterocycles. The van der Waals surface area contributed by atoms with E-state index in [1.165, 1.54) is 0 Å². The highest BCUT2D eigenvalue weighted by Crippen LogP contribution is 2.35. The Kier molecular flexibility index (Phi) is 4.73. The van der Waals surface area contributed by atoms with Crippen molar-refractivity contribution in [3.8, 4) is 5.75 Å². The van der Waals surface area contributed by atoms with Gasteiger partial charge in [0.1, 0.15) is 5.75 Å². The van der Waals surface area contributed by atoms with Gasteiger partial charge < -0.3 is 15.4 Å². The topological polar surface area (TPSA) is 55.6 Å². The standard InChI is InChI=1S/C13H16Br2N2O2/c1-2-17(9-3-4-9)12(18)7-19-13-10(14)5-8(16)6-11(13)15/h5-6,9H,2-4,7,16H2,1H3. The van der Waals surface area contributed by atoms with Crippen molar-refractivity contribution in [3.05, 3.63) is 21.1 Å². The zero-order valence-corrected chi connectivity index (χ0v) is 13.8. The average molecular weight is 392 g/mol. The highest BCUT2D eigenvalue weighted by molar-refractivity contribution is 9.11. The van der Waals surface area contributed by atoms with Crippen molar-refractivity contribution in [2.75, 3.05) is 18.9 Å². The molecule has 0 unspecified atom stereocenters. The molecule has 0 bridgehead atoms. The number of carbonyl (C=O) groups excluding carboxylic acids is 1. The number of nitrogens with two attached hydrogens (primary N) is 1. The van der Waals surface area contributed by atoms with Crippen LogP contribution in [0.4, 0.5) is 5.69 Å². The maximum Gasteiger partial charge on any atom is 0.260 e. The molecule has 1 aromatic carbocycles.